The maximum absolute atomic E-state index is 5.76. The highest BCUT2D eigenvalue weighted by Gasteiger charge is 2.21. The standard InChI is InChI=1S/C14H20N4O/c1-18(6-7-19-9-10-2-3-10)14-16-12-5-4-11(15)8-13(12)17-14/h4-5,8,10H,2-3,6-7,9,15H2,1H3,(H,16,17). The van der Waals surface area contributed by atoms with Crippen LogP contribution in [0.3, 0.4) is 0 Å². The lowest BCUT2D eigenvalue weighted by Gasteiger charge is -2.15. The van der Waals surface area contributed by atoms with Gasteiger partial charge in [0, 0.05) is 25.9 Å². The van der Waals surface area contributed by atoms with Crippen LogP contribution in [0.25, 0.3) is 11.0 Å². The summed E-state index contributed by atoms with van der Waals surface area (Å²) < 4.78 is 5.64. The van der Waals surface area contributed by atoms with Crippen LogP contribution in [0.5, 0.6) is 0 Å². The van der Waals surface area contributed by atoms with E-state index < -0.39 is 0 Å². The second kappa shape index (κ2) is 5.09. The fourth-order valence-electron chi connectivity index (χ4n) is 2.04. The number of anilines is 2. The Balaban J connectivity index is 1.58. The summed E-state index contributed by atoms with van der Waals surface area (Å²) in [6.07, 6.45) is 2.67. The number of ether oxygens (including phenoxy) is 1. The van der Waals surface area contributed by atoms with Crippen molar-refractivity contribution >= 4 is 22.7 Å². The number of nitrogens with two attached hydrogens (primary N) is 1. The molecule has 1 aliphatic rings. The van der Waals surface area contributed by atoms with Crippen LogP contribution in [0.4, 0.5) is 11.6 Å². The lowest BCUT2D eigenvalue weighted by Crippen LogP contribution is -2.23. The maximum atomic E-state index is 5.76. The van der Waals surface area contributed by atoms with Gasteiger partial charge in [-0.05, 0) is 37.0 Å². The van der Waals surface area contributed by atoms with Crippen LogP contribution in [-0.2, 0) is 4.74 Å². The van der Waals surface area contributed by atoms with Crippen molar-refractivity contribution < 1.29 is 4.74 Å². The summed E-state index contributed by atoms with van der Waals surface area (Å²) in [6, 6.07) is 5.71. The molecule has 1 saturated carbocycles. The number of imidazole rings is 1. The van der Waals surface area contributed by atoms with E-state index in [1.54, 1.807) is 0 Å². The van der Waals surface area contributed by atoms with Gasteiger partial charge in [0.25, 0.3) is 0 Å². The minimum Gasteiger partial charge on any atom is -0.399 e. The van der Waals surface area contributed by atoms with Gasteiger partial charge in [-0.1, -0.05) is 0 Å². The summed E-state index contributed by atoms with van der Waals surface area (Å²) >= 11 is 0. The molecule has 0 bridgehead atoms. The molecule has 1 heterocycles. The molecule has 3 N–H and O–H groups in total. The Labute approximate surface area is 112 Å². The van der Waals surface area contributed by atoms with Crippen LogP contribution in [0.15, 0.2) is 18.2 Å². The number of nitrogens with zero attached hydrogens (tertiary/aromatic N) is 2. The van der Waals surface area contributed by atoms with E-state index in [4.69, 9.17) is 10.5 Å². The van der Waals surface area contributed by atoms with E-state index in [-0.39, 0.29) is 0 Å². The number of fused-ring (bicyclic) bond motifs is 1. The first kappa shape index (κ1) is 12.3. The van der Waals surface area contributed by atoms with Crippen molar-refractivity contribution in [3.05, 3.63) is 18.2 Å². The number of benzene rings is 1. The lowest BCUT2D eigenvalue weighted by molar-refractivity contribution is 0.130. The molecule has 0 radical (unpaired) electrons. The molecule has 0 spiro atoms. The normalized spacial score (nSPS) is 15.0. The second-order valence-corrected chi connectivity index (χ2v) is 5.28. The van der Waals surface area contributed by atoms with Gasteiger partial charge in [-0.3, -0.25) is 0 Å². The van der Waals surface area contributed by atoms with Crippen molar-refractivity contribution in [2.24, 2.45) is 5.92 Å². The number of nitrogen functional groups attached to an aromatic ring is 1. The summed E-state index contributed by atoms with van der Waals surface area (Å²) in [4.78, 5) is 9.89. The Morgan fingerprint density at radius 1 is 1.47 bits per heavy atom. The number of nitrogens with one attached hydrogen (secondary N) is 1. The summed E-state index contributed by atoms with van der Waals surface area (Å²) in [5.74, 6) is 1.68. The van der Waals surface area contributed by atoms with Crippen LogP contribution < -0.4 is 10.6 Å². The first-order chi connectivity index (χ1) is 9.22. The average molecular weight is 260 g/mol. The molecule has 5 heteroatoms. The molecule has 0 atom stereocenters. The minimum atomic E-state index is 0.742. The molecule has 3 rings (SSSR count). The van der Waals surface area contributed by atoms with Crippen LogP contribution in [-0.4, -0.2) is 36.8 Å². The third kappa shape index (κ3) is 2.98. The molecule has 1 aliphatic carbocycles. The van der Waals surface area contributed by atoms with Crippen LogP contribution in [0.1, 0.15) is 12.8 Å². The molecule has 0 unspecified atom stereocenters. The summed E-state index contributed by atoms with van der Waals surface area (Å²) in [5, 5.41) is 0. The minimum absolute atomic E-state index is 0.742. The highest BCUT2D eigenvalue weighted by atomic mass is 16.5. The number of likely N-dealkylation sites (N-methyl/N-ethyl adjacent to an activating group) is 1. The number of hydrogen-bond donors (Lipinski definition) is 2. The Morgan fingerprint density at radius 2 is 2.32 bits per heavy atom. The molecule has 0 aliphatic heterocycles. The van der Waals surface area contributed by atoms with Crippen molar-refractivity contribution in [3.63, 3.8) is 0 Å². The molecule has 102 valence electrons. The smallest absolute Gasteiger partial charge is 0.203 e. The number of aromatic nitrogens is 2. The van der Waals surface area contributed by atoms with Gasteiger partial charge >= 0.3 is 0 Å². The topological polar surface area (TPSA) is 67.2 Å². The monoisotopic (exact) mass is 260 g/mol. The van der Waals surface area contributed by atoms with Gasteiger partial charge in [0.05, 0.1) is 17.6 Å². The van der Waals surface area contributed by atoms with E-state index in [1.807, 2.05) is 25.2 Å². The highest BCUT2D eigenvalue weighted by molar-refractivity contribution is 5.80. The van der Waals surface area contributed by atoms with Crippen LogP contribution >= 0.6 is 0 Å². The Kier molecular flexibility index (Phi) is 3.29. The number of aromatic amines is 1. The predicted molar refractivity (Wildman–Crippen MR) is 77.3 cm³/mol. The van der Waals surface area contributed by atoms with Crippen molar-refractivity contribution in [1.29, 1.82) is 0 Å². The third-order valence-corrected chi connectivity index (χ3v) is 3.48. The Bertz CT molecular complexity index is 562. The predicted octanol–water partition coefficient (Wildman–Crippen LogP) is 2.01. The largest absolute Gasteiger partial charge is 0.399 e. The fourth-order valence-corrected chi connectivity index (χ4v) is 2.04. The highest BCUT2D eigenvalue weighted by Crippen LogP contribution is 2.28. The third-order valence-electron chi connectivity index (χ3n) is 3.48. The van der Waals surface area contributed by atoms with Crippen molar-refractivity contribution in [3.8, 4) is 0 Å². The molecule has 0 saturated heterocycles. The molecular weight excluding hydrogens is 240 g/mol. The lowest BCUT2D eigenvalue weighted by atomic mass is 10.3. The van der Waals surface area contributed by atoms with Gasteiger partial charge in [0.15, 0.2) is 0 Å². The van der Waals surface area contributed by atoms with Gasteiger partial charge in [0.1, 0.15) is 0 Å². The second-order valence-electron chi connectivity index (χ2n) is 5.28. The van der Waals surface area contributed by atoms with E-state index in [0.717, 1.165) is 48.3 Å². The first-order valence-corrected chi connectivity index (χ1v) is 6.76. The number of hydrogen-bond acceptors (Lipinski definition) is 4. The molecular formula is C14H20N4O. The van der Waals surface area contributed by atoms with Crippen molar-refractivity contribution in [2.75, 3.05) is 37.4 Å². The number of H-pyrrole nitrogens is 1. The summed E-state index contributed by atoms with van der Waals surface area (Å²) in [5.41, 5.74) is 8.42. The molecule has 1 aromatic carbocycles. The molecule has 5 nitrogen and oxygen atoms in total. The molecule has 2 aromatic rings. The summed E-state index contributed by atoms with van der Waals surface area (Å²) in [6.45, 7) is 2.48. The zero-order chi connectivity index (χ0) is 13.2. The molecule has 0 amide bonds. The Morgan fingerprint density at radius 3 is 3.11 bits per heavy atom. The van der Waals surface area contributed by atoms with Gasteiger partial charge in [-0.2, -0.15) is 0 Å². The first-order valence-electron chi connectivity index (χ1n) is 6.76. The Hall–Kier alpha value is -1.75. The van der Waals surface area contributed by atoms with E-state index >= 15 is 0 Å². The van der Waals surface area contributed by atoms with Crippen LogP contribution in [0.2, 0.25) is 0 Å². The SMILES string of the molecule is CN(CCOCC1CC1)c1nc2ccc(N)cc2[nH]1. The van der Waals surface area contributed by atoms with Crippen molar-refractivity contribution in [2.45, 2.75) is 12.8 Å². The van der Waals surface area contributed by atoms with E-state index in [0.29, 0.717) is 0 Å². The van der Waals surface area contributed by atoms with Gasteiger partial charge in [-0.25, -0.2) is 4.98 Å². The molecule has 1 fully saturated rings. The number of rotatable bonds is 6. The van der Waals surface area contributed by atoms with Crippen LogP contribution in [0, 0.1) is 5.92 Å². The quantitative estimate of drug-likeness (QED) is 0.616. The maximum Gasteiger partial charge on any atom is 0.203 e. The molecule has 19 heavy (non-hydrogen) atoms. The fraction of sp³-hybridized carbons (Fsp3) is 0.500. The summed E-state index contributed by atoms with van der Waals surface area (Å²) in [7, 11) is 2.02. The van der Waals surface area contributed by atoms with E-state index in [2.05, 4.69) is 14.9 Å². The van der Waals surface area contributed by atoms with E-state index in [1.165, 1.54) is 12.8 Å². The van der Waals surface area contributed by atoms with Gasteiger partial charge in [0.2, 0.25) is 5.95 Å². The average Bonchev–Trinajstić information content (AvgIpc) is 3.12. The van der Waals surface area contributed by atoms with E-state index in [9.17, 15) is 0 Å². The molecule has 1 aromatic heterocycles. The van der Waals surface area contributed by atoms with Gasteiger partial charge in [-0.15, -0.1) is 0 Å². The zero-order valence-corrected chi connectivity index (χ0v) is 11.2. The van der Waals surface area contributed by atoms with Gasteiger partial charge < -0.3 is 20.4 Å². The zero-order valence-electron chi connectivity index (χ0n) is 11.2. The van der Waals surface area contributed by atoms with Crippen molar-refractivity contribution in [1.82, 2.24) is 9.97 Å².